The minimum atomic E-state index is -0.802. The second-order valence-corrected chi connectivity index (χ2v) is 4.28. The highest BCUT2D eigenvalue weighted by atomic mass is 16.5. The molecule has 17 heavy (non-hydrogen) atoms. The van der Waals surface area contributed by atoms with Crippen molar-refractivity contribution in [2.45, 2.75) is 11.8 Å². The summed E-state index contributed by atoms with van der Waals surface area (Å²) in [6, 6.07) is 7.69. The Balaban J connectivity index is 2.20. The molecular formula is C13H13NO3. The number of ether oxygens (including phenoxy) is 2. The third kappa shape index (κ3) is 1.27. The van der Waals surface area contributed by atoms with Gasteiger partial charge in [0, 0.05) is 17.7 Å². The topological polar surface area (TPSA) is 47.9 Å². The van der Waals surface area contributed by atoms with Crippen molar-refractivity contribution in [3.63, 3.8) is 0 Å². The Labute approximate surface area is 99.3 Å². The zero-order valence-corrected chi connectivity index (χ0v) is 9.60. The summed E-state index contributed by atoms with van der Waals surface area (Å²) in [5.41, 5.74) is 1.83. The summed E-state index contributed by atoms with van der Waals surface area (Å²) in [5, 5.41) is 0. The van der Waals surface area contributed by atoms with Crippen LogP contribution in [0.15, 0.2) is 29.3 Å². The predicted molar refractivity (Wildman–Crippen MR) is 62.7 cm³/mol. The average molecular weight is 231 g/mol. The number of nitrogens with zero attached hydrogens (tertiary/aromatic N) is 1. The van der Waals surface area contributed by atoms with Crippen molar-refractivity contribution in [3.05, 3.63) is 29.8 Å². The monoisotopic (exact) mass is 231 g/mol. The number of hydrogen-bond acceptors (Lipinski definition) is 4. The van der Waals surface area contributed by atoms with Crippen molar-refractivity contribution >= 4 is 17.4 Å². The van der Waals surface area contributed by atoms with Crippen LogP contribution < -0.4 is 0 Å². The first-order valence-electron chi connectivity index (χ1n) is 5.63. The van der Waals surface area contributed by atoms with Crippen molar-refractivity contribution in [1.29, 1.82) is 0 Å². The number of para-hydroxylation sites is 1. The van der Waals surface area contributed by atoms with E-state index >= 15 is 0 Å². The first kappa shape index (κ1) is 10.5. The first-order chi connectivity index (χ1) is 8.29. The number of methoxy groups -OCH3 is 1. The Kier molecular flexibility index (Phi) is 2.26. The maximum Gasteiger partial charge on any atom is 0.324 e. The fourth-order valence-corrected chi connectivity index (χ4v) is 2.61. The van der Waals surface area contributed by atoms with E-state index in [0.29, 0.717) is 19.6 Å². The highest BCUT2D eigenvalue weighted by Gasteiger charge is 2.52. The third-order valence-corrected chi connectivity index (χ3v) is 3.45. The van der Waals surface area contributed by atoms with E-state index in [2.05, 4.69) is 4.99 Å². The molecule has 4 nitrogen and oxygen atoms in total. The van der Waals surface area contributed by atoms with Crippen molar-refractivity contribution in [2.24, 2.45) is 4.99 Å². The minimum absolute atomic E-state index is 0.277. The maximum atomic E-state index is 12.1. The Bertz CT molecular complexity index is 509. The van der Waals surface area contributed by atoms with Crippen LogP contribution in [0.25, 0.3) is 0 Å². The van der Waals surface area contributed by atoms with Gasteiger partial charge in [-0.1, -0.05) is 18.2 Å². The number of rotatable bonds is 1. The van der Waals surface area contributed by atoms with Gasteiger partial charge in [-0.05, 0) is 6.07 Å². The first-order valence-corrected chi connectivity index (χ1v) is 5.63. The van der Waals surface area contributed by atoms with Gasteiger partial charge < -0.3 is 9.47 Å². The number of carbonyl (C=O) groups is 1. The van der Waals surface area contributed by atoms with Gasteiger partial charge in [-0.25, -0.2) is 0 Å². The Morgan fingerprint density at radius 1 is 1.47 bits per heavy atom. The van der Waals surface area contributed by atoms with Gasteiger partial charge in [0.05, 0.1) is 26.0 Å². The number of aliphatic imine (C=N–C) groups is 1. The molecule has 1 fully saturated rings. The average Bonchev–Trinajstić information content (AvgIpc) is 2.73. The molecule has 0 bridgehead atoms. The molecule has 0 amide bonds. The van der Waals surface area contributed by atoms with Gasteiger partial charge in [0.15, 0.2) is 5.41 Å². The summed E-state index contributed by atoms with van der Waals surface area (Å²) >= 11 is 0. The van der Waals surface area contributed by atoms with E-state index in [0.717, 1.165) is 17.0 Å². The summed E-state index contributed by atoms with van der Waals surface area (Å²) in [6.07, 6.45) is 0.684. The molecule has 4 heteroatoms. The summed E-state index contributed by atoms with van der Waals surface area (Å²) in [6.45, 7) is 0.946. The summed E-state index contributed by atoms with van der Waals surface area (Å²) in [5.74, 6) is -0.277. The highest BCUT2D eigenvalue weighted by Crippen LogP contribution is 2.43. The number of benzene rings is 1. The molecule has 0 N–H and O–H groups in total. The minimum Gasteiger partial charge on any atom is -0.468 e. The van der Waals surface area contributed by atoms with Crippen LogP contribution in [0.1, 0.15) is 12.0 Å². The normalized spacial score (nSPS) is 25.8. The van der Waals surface area contributed by atoms with E-state index in [1.54, 1.807) is 0 Å². The Morgan fingerprint density at radius 2 is 2.29 bits per heavy atom. The summed E-state index contributed by atoms with van der Waals surface area (Å²) < 4.78 is 10.4. The molecule has 0 radical (unpaired) electrons. The molecule has 1 aromatic rings. The molecule has 0 saturated carbocycles. The molecular weight excluding hydrogens is 218 g/mol. The lowest BCUT2D eigenvalue weighted by Gasteiger charge is -2.32. The van der Waals surface area contributed by atoms with Crippen LogP contribution in [0.2, 0.25) is 0 Å². The van der Waals surface area contributed by atoms with Crippen molar-refractivity contribution in [3.8, 4) is 0 Å². The van der Waals surface area contributed by atoms with Gasteiger partial charge in [-0.3, -0.25) is 9.79 Å². The number of esters is 1. The Hall–Kier alpha value is -1.68. The number of carbonyl (C=O) groups excluding carboxylic acids is 1. The van der Waals surface area contributed by atoms with Gasteiger partial charge in [-0.15, -0.1) is 0 Å². The van der Waals surface area contributed by atoms with E-state index in [1.807, 2.05) is 24.3 Å². The predicted octanol–water partition coefficient (Wildman–Crippen LogP) is 1.60. The standard InChI is InChI=1S/C13H13NO3/c1-16-12(15)13-8-17-7-6-11(13)14-10-5-3-2-4-9(10)13/h2-5H,6-8H2,1H3. The Morgan fingerprint density at radius 3 is 3.12 bits per heavy atom. The molecule has 3 rings (SSSR count). The number of fused-ring (bicyclic) bond motifs is 3. The van der Waals surface area contributed by atoms with Crippen LogP contribution in [-0.4, -0.2) is 32.0 Å². The van der Waals surface area contributed by atoms with Gasteiger partial charge in [0.1, 0.15) is 0 Å². The van der Waals surface area contributed by atoms with E-state index in [4.69, 9.17) is 9.47 Å². The summed E-state index contributed by atoms with van der Waals surface area (Å²) in [4.78, 5) is 16.7. The van der Waals surface area contributed by atoms with Gasteiger partial charge >= 0.3 is 5.97 Å². The lowest BCUT2D eigenvalue weighted by Crippen LogP contribution is -2.49. The highest BCUT2D eigenvalue weighted by molar-refractivity contribution is 6.17. The zero-order chi connectivity index (χ0) is 11.9. The molecule has 1 aromatic carbocycles. The second-order valence-electron chi connectivity index (χ2n) is 4.28. The van der Waals surface area contributed by atoms with Crippen LogP contribution in [-0.2, 0) is 19.7 Å². The third-order valence-electron chi connectivity index (χ3n) is 3.45. The largest absolute Gasteiger partial charge is 0.468 e. The van der Waals surface area contributed by atoms with Crippen LogP contribution in [0, 0.1) is 0 Å². The quantitative estimate of drug-likeness (QED) is 0.690. The molecule has 1 unspecified atom stereocenters. The molecule has 0 aromatic heterocycles. The van der Waals surface area contributed by atoms with Crippen LogP contribution in [0.4, 0.5) is 5.69 Å². The van der Waals surface area contributed by atoms with Gasteiger partial charge in [0.25, 0.3) is 0 Å². The van der Waals surface area contributed by atoms with Crippen LogP contribution in [0.3, 0.4) is 0 Å². The van der Waals surface area contributed by atoms with E-state index in [1.165, 1.54) is 7.11 Å². The fourth-order valence-electron chi connectivity index (χ4n) is 2.61. The molecule has 2 aliphatic heterocycles. The van der Waals surface area contributed by atoms with Crippen molar-refractivity contribution in [2.75, 3.05) is 20.3 Å². The second kappa shape index (κ2) is 3.67. The molecule has 1 saturated heterocycles. The van der Waals surface area contributed by atoms with Crippen LogP contribution in [0.5, 0.6) is 0 Å². The molecule has 1 atom stereocenters. The van der Waals surface area contributed by atoms with Crippen LogP contribution >= 0.6 is 0 Å². The fraction of sp³-hybridized carbons (Fsp3) is 0.385. The lowest BCUT2D eigenvalue weighted by molar-refractivity contribution is -0.147. The van der Waals surface area contributed by atoms with Gasteiger partial charge in [0.2, 0.25) is 0 Å². The van der Waals surface area contributed by atoms with E-state index in [-0.39, 0.29) is 5.97 Å². The van der Waals surface area contributed by atoms with Crippen molar-refractivity contribution in [1.82, 2.24) is 0 Å². The molecule has 0 aliphatic carbocycles. The zero-order valence-electron chi connectivity index (χ0n) is 9.60. The number of hydrogen-bond donors (Lipinski definition) is 0. The SMILES string of the molecule is COC(=O)C12COCCC1=Nc1ccccc12. The smallest absolute Gasteiger partial charge is 0.324 e. The molecule has 0 spiro atoms. The molecule has 88 valence electrons. The maximum absolute atomic E-state index is 12.1. The lowest BCUT2D eigenvalue weighted by atomic mass is 9.76. The van der Waals surface area contributed by atoms with E-state index < -0.39 is 5.41 Å². The summed E-state index contributed by atoms with van der Waals surface area (Å²) in [7, 11) is 1.41. The van der Waals surface area contributed by atoms with Crippen molar-refractivity contribution < 1.29 is 14.3 Å². The van der Waals surface area contributed by atoms with Gasteiger partial charge in [-0.2, -0.15) is 0 Å². The van der Waals surface area contributed by atoms with E-state index in [9.17, 15) is 4.79 Å². The molecule has 2 heterocycles. The molecule has 2 aliphatic rings.